The summed E-state index contributed by atoms with van der Waals surface area (Å²) >= 11 is 11.7. The number of benzene rings is 1. The maximum atomic E-state index is 5.90. The number of aromatic nitrogens is 2. The molecule has 2 rings (SSSR count). The van der Waals surface area contributed by atoms with E-state index >= 15 is 0 Å². The summed E-state index contributed by atoms with van der Waals surface area (Å²) in [6.07, 6.45) is 3.12. The Kier molecular flexibility index (Phi) is 2.75. The van der Waals surface area contributed by atoms with Crippen molar-refractivity contribution < 1.29 is 0 Å². The SMILES string of the molecule is Nc1nccnc1-c1ccc(Cl)c(Cl)c1. The normalized spacial score (nSPS) is 10.3. The fraction of sp³-hybridized carbons (Fsp3) is 0. The highest BCUT2D eigenvalue weighted by atomic mass is 35.5. The summed E-state index contributed by atoms with van der Waals surface area (Å²) in [5.41, 5.74) is 7.10. The molecular weight excluding hydrogens is 233 g/mol. The Bertz CT molecular complexity index is 500. The molecule has 0 unspecified atom stereocenters. The molecule has 0 fully saturated rings. The minimum absolute atomic E-state index is 0.371. The van der Waals surface area contributed by atoms with Crippen LogP contribution in [-0.2, 0) is 0 Å². The first-order valence-electron chi connectivity index (χ1n) is 4.20. The molecule has 0 bridgehead atoms. The van der Waals surface area contributed by atoms with Crippen LogP contribution in [0, 0.1) is 0 Å². The Morgan fingerprint density at radius 3 is 2.40 bits per heavy atom. The molecule has 3 nitrogen and oxygen atoms in total. The molecular formula is C10H7Cl2N3. The highest BCUT2D eigenvalue weighted by Gasteiger charge is 2.06. The van der Waals surface area contributed by atoms with Gasteiger partial charge in [0.25, 0.3) is 0 Å². The molecule has 0 radical (unpaired) electrons. The zero-order valence-corrected chi connectivity index (χ0v) is 9.13. The molecule has 0 aliphatic heterocycles. The van der Waals surface area contributed by atoms with E-state index in [9.17, 15) is 0 Å². The lowest BCUT2D eigenvalue weighted by Gasteiger charge is -2.04. The quantitative estimate of drug-likeness (QED) is 0.833. The van der Waals surface area contributed by atoms with Gasteiger partial charge in [-0.2, -0.15) is 0 Å². The summed E-state index contributed by atoms with van der Waals surface area (Å²) in [4.78, 5) is 8.08. The first kappa shape index (κ1) is 10.2. The molecule has 0 saturated carbocycles. The maximum absolute atomic E-state index is 5.90. The molecule has 0 aliphatic carbocycles. The predicted molar refractivity (Wildman–Crippen MR) is 61.9 cm³/mol. The van der Waals surface area contributed by atoms with Crippen LogP contribution < -0.4 is 5.73 Å². The van der Waals surface area contributed by atoms with Gasteiger partial charge in [0.1, 0.15) is 11.5 Å². The minimum Gasteiger partial charge on any atom is -0.382 e. The molecule has 2 aromatic rings. The fourth-order valence-electron chi connectivity index (χ4n) is 1.21. The van der Waals surface area contributed by atoms with Crippen molar-refractivity contribution in [1.29, 1.82) is 0 Å². The second-order valence-corrected chi connectivity index (χ2v) is 3.73. The summed E-state index contributed by atoms with van der Waals surface area (Å²) in [5, 5.41) is 0.974. The van der Waals surface area contributed by atoms with E-state index < -0.39 is 0 Å². The minimum atomic E-state index is 0.371. The third-order valence-corrected chi connectivity index (χ3v) is 2.66. The summed E-state index contributed by atoms with van der Waals surface area (Å²) in [6, 6.07) is 5.21. The van der Waals surface area contributed by atoms with E-state index in [4.69, 9.17) is 28.9 Å². The molecule has 1 heterocycles. The molecule has 15 heavy (non-hydrogen) atoms. The predicted octanol–water partition coefficient (Wildman–Crippen LogP) is 3.03. The standard InChI is InChI=1S/C10H7Cl2N3/c11-7-2-1-6(5-8(7)12)9-10(13)15-4-3-14-9/h1-5H,(H2,13,15). The number of nitrogens with two attached hydrogens (primary N) is 1. The number of nitrogens with zero attached hydrogens (tertiary/aromatic N) is 2. The molecule has 0 spiro atoms. The zero-order valence-electron chi connectivity index (χ0n) is 7.61. The molecule has 5 heteroatoms. The fourth-order valence-corrected chi connectivity index (χ4v) is 1.51. The van der Waals surface area contributed by atoms with Gasteiger partial charge in [-0.25, -0.2) is 4.98 Å². The van der Waals surface area contributed by atoms with Crippen molar-refractivity contribution in [2.75, 3.05) is 5.73 Å². The van der Waals surface area contributed by atoms with Crippen molar-refractivity contribution >= 4 is 29.0 Å². The van der Waals surface area contributed by atoms with Crippen LogP contribution in [0.4, 0.5) is 5.82 Å². The highest BCUT2D eigenvalue weighted by Crippen LogP contribution is 2.29. The molecule has 1 aromatic carbocycles. The van der Waals surface area contributed by atoms with Gasteiger partial charge in [-0.15, -0.1) is 0 Å². The number of nitrogen functional groups attached to an aromatic ring is 1. The van der Waals surface area contributed by atoms with Gasteiger partial charge in [0.15, 0.2) is 0 Å². The Labute approximate surface area is 96.9 Å². The lowest BCUT2D eigenvalue weighted by molar-refractivity contribution is 1.22. The van der Waals surface area contributed by atoms with Gasteiger partial charge in [0.05, 0.1) is 10.0 Å². The Morgan fingerprint density at radius 2 is 1.73 bits per heavy atom. The molecule has 0 amide bonds. The van der Waals surface area contributed by atoms with Crippen molar-refractivity contribution in [2.45, 2.75) is 0 Å². The van der Waals surface area contributed by atoms with Gasteiger partial charge in [-0.05, 0) is 12.1 Å². The van der Waals surface area contributed by atoms with E-state index in [1.807, 2.05) is 0 Å². The number of halogens is 2. The van der Waals surface area contributed by atoms with Crippen LogP contribution in [-0.4, -0.2) is 9.97 Å². The van der Waals surface area contributed by atoms with E-state index in [0.717, 1.165) is 5.56 Å². The van der Waals surface area contributed by atoms with Crippen LogP contribution >= 0.6 is 23.2 Å². The van der Waals surface area contributed by atoms with Crippen molar-refractivity contribution in [3.05, 3.63) is 40.6 Å². The van der Waals surface area contributed by atoms with Crippen molar-refractivity contribution in [3.63, 3.8) is 0 Å². The van der Waals surface area contributed by atoms with Crippen LogP contribution in [0.15, 0.2) is 30.6 Å². The largest absolute Gasteiger partial charge is 0.382 e. The van der Waals surface area contributed by atoms with E-state index in [1.54, 1.807) is 24.4 Å². The topological polar surface area (TPSA) is 51.8 Å². The number of anilines is 1. The van der Waals surface area contributed by atoms with Crippen LogP contribution in [0.2, 0.25) is 10.0 Å². The van der Waals surface area contributed by atoms with Crippen molar-refractivity contribution in [1.82, 2.24) is 9.97 Å². The number of rotatable bonds is 1. The van der Waals surface area contributed by atoms with Crippen molar-refractivity contribution in [3.8, 4) is 11.3 Å². The summed E-state index contributed by atoms with van der Waals surface area (Å²) in [5.74, 6) is 0.371. The van der Waals surface area contributed by atoms with Crippen LogP contribution in [0.1, 0.15) is 0 Å². The van der Waals surface area contributed by atoms with Crippen LogP contribution in [0.3, 0.4) is 0 Å². The van der Waals surface area contributed by atoms with Crippen LogP contribution in [0.25, 0.3) is 11.3 Å². The third kappa shape index (κ3) is 2.03. The molecule has 1 aromatic heterocycles. The Morgan fingerprint density at radius 1 is 1.00 bits per heavy atom. The molecule has 0 saturated heterocycles. The summed E-state index contributed by atoms with van der Waals surface area (Å²) in [6.45, 7) is 0. The van der Waals surface area contributed by atoms with Crippen LogP contribution in [0.5, 0.6) is 0 Å². The Balaban J connectivity index is 2.55. The lowest BCUT2D eigenvalue weighted by atomic mass is 10.1. The average molecular weight is 240 g/mol. The monoisotopic (exact) mass is 239 g/mol. The van der Waals surface area contributed by atoms with Gasteiger partial charge < -0.3 is 5.73 Å². The van der Waals surface area contributed by atoms with Gasteiger partial charge >= 0.3 is 0 Å². The van der Waals surface area contributed by atoms with Gasteiger partial charge in [0, 0.05) is 18.0 Å². The number of hydrogen-bond donors (Lipinski definition) is 1. The first-order valence-corrected chi connectivity index (χ1v) is 4.96. The van der Waals surface area contributed by atoms with Gasteiger partial charge in [-0.1, -0.05) is 29.3 Å². The van der Waals surface area contributed by atoms with E-state index in [1.165, 1.54) is 6.20 Å². The summed E-state index contributed by atoms with van der Waals surface area (Å²) < 4.78 is 0. The van der Waals surface area contributed by atoms with E-state index in [0.29, 0.717) is 21.6 Å². The average Bonchev–Trinajstić information content (AvgIpc) is 2.23. The molecule has 76 valence electrons. The van der Waals surface area contributed by atoms with Gasteiger partial charge in [0.2, 0.25) is 0 Å². The van der Waals surface area contributed by atoms with Crippen molar-refractivity contribution in [2.24, 2.45) is 0 Å². The second kappa shape index (κ2) is 4.04. The first-order chi connectivity index (χ1) is 7.18. The highest BCUT2D eigenvalue weighted by molar-refractivity contribution is 6.42. The van der Waals surface area contributed by atoms with E-state index in [-0.39, 0.29) is 0 Å². The third-order valence-electron chi connectivity index (χ3n) is 1.92. The lowest BCUT2D eigenvalue weighted by Crippen LogP contribution is -1.95. The maximum Gasteiger partial charge on any atom is 0.149 e. The summed E-state index contributed by atoms with van der Waals surface area (Å²) in [7, 11) is 0. The molecule has 0 aliphatic rings. The van der Waals surface area contributed by atoms with Gasteiger partial charge in [-0.3, -0.25) is 4.98 Å². The molecule has 2 N–H and O–H groups in total. The Hall–Kier alpha value is -1.32. The zero-order chi connectivity index (χ0) is 10.8. The van der Waals surface area contributed by atoms with E-state index in [2.05, 4.69) is 9.97 Å². The number of hydrogen-bond acceptors (Lipinski definition) is 3. The smallest absolute Gasteiger partial charge is 0.149 e. The molecule has 0 atom stereocenters. The second-order valence-electron chi connectivity index (χ2n) is 2.92.